The van der Waals surface area contributed by atoms with Crippen LogP contribution in [0.3, 0.4) is 0 Å². The minimum absolute atomic E-state index is 0.0267. The number of carbonyl (C=O) groups excluding carboxylic acids is 1. The summed E-state index contributed by atoms with van der Waals surface area (Å²) in [5, 5.41) is 10.9. The monoisotopic (exact) mass is 379 g/mol. The first-order valence-electron chi connectivity index (χ1n) is 6.84. The molecule has 7 heteroatoms. The summed E-state index contributed by atoms with van der Waals surface area (Å²) in [4.78, 5) is 22.4. The van der Waals surface area contributed by atoms with Crippen molar-refractivity contribution >= 4 is 27.6 Å². The largest absolute Gasteiger partial charge is 0.493 e. The van der Waals surface area contributed by atoms with Gasteiger partial charge in [-0.1, -0.05) is 18.2 Å². The zero-order valence-electron chi connectivity index (χ0n) is 12.3. The standard InChI is InChI=1S/C16H14BrNO5/c1-2-22-15-6-4-3-5-12(15)10-23-16(19)11-7-8-13(17)14(9-11)18(20)21/h3-9H,2,10H2,1H3. The van der Waals surface area contributed by atoms with Gasteiger partial charge in [0.25, 0.3) is 5.69 Å². The molecule has 6 nitrogen and oxygen atoms in total. The van der Waals surface area contributed by atoms with Crippen molar-refractivity contribution in [2.45, 2.75) is 13.5 Å². The van der Waals surface area contributed by atoms with Gasteiger partial charge in [0, 0.05) is 11.6 Å². The second-order valence-corrected chi connectivity index (χ2v) is 5.39. The van der Waals surface area contributed by atoms with Crippen LogP contribution in [-0.2, 0) is 11.3 Å². The molecule has 0 atom stereocenters. The lowest BCUT2D eigenvalue weighted by Gasteiger charge is -2.10. The lowest BCUT2D eigenvalue weighted by Crippen LogP contribution is -2.07. The maximum absolute atomic E-state index is 12.1. The fourth-order valence-electron chi connectivity index (χ4n) is 1.93. The number of ether oxygens (including phenoxy) is 2. The predicted molar refractivity (Wildman–Crippen MR) is 87.5 cm³/mol. The molecule has 0 saturated carbocycles. The van der Waals surface area contributed by atoms with Crippen LogP contribution in [0, 0.1) is 10.1 Å². The zero-order chi connectivity index (χ0) is 16.8. The highest BCUT2D eigenvalue weighted by Crippen LogP contribution is 2.26. The fourth-order valence-corrected chi connectivity index (χ4v) is 2.32. The SMILES string of the molecule is CCOc1ccccc1COC(=O)c1ccc(Br)c([N+](=O)[O-])c1. The Balaban J connectivity index is 2.11. The van der Waals surface area contributed by atoms with Gasteiger partial charge in [0.1, 0.15) is 12.4 Å². The van der Waals surface area contributed by atoms with Crippen molar-refractivity contribution in [1.29, 1.82) is 0 Å². The van der Waals surface area contributed by atoms with Gasteiger partial charge in [0.2, 0.25) is 0 Å². The van der Waals surface area contributed by atoms with Crippen molar-refractivity contribution < 1.29 is 19.2 Å². The summed E-state index contributed by atoms with van der Waals surface area (Å²) in [6, 6.07) is 11.3. The Morgan fingerprint density at radius 2 is 2.00 bits per heavy atom. The average Bonchev–Trinajstić information content (AvgIpc) is 2.54. The van der Waals surface area contributed by atoms with Crippen LogP contribution in [-0.4, -0.2) is 17.5 Å². The molecule has 0 aliphatic rings. The number of benzene rings is 2. The summed E-state index contributed by atoms with van der Waals surface area (Å²) >= 11 is 3.07. The molecule has 0 fully saturated rings. The normalized spacial score (nSPS) is 10.2. The third-order valence-corrected chi connectivity index (χ3v) is 3.68. The van der Waals surface area contributed by atoms with Crippen LogP contribution < -0.4 is 4.74 Å². The number of nitrogens with zero attached hydrogens (tertiary/aromatic N) is 1. The van der Waals surface area contributed by atoms with Gasteiger partial charge in [-0.3, -0.25) is 10.1 Å². The van der Waals surface area contributed by atoms with Gasteiger partial charge in [-0.2, -0.15) is 0 Å². The van der Waals surface area contributed by atoms with Gasteiger partial charge in [-0.25, -0.2) is 4.79 Å². The molecule has 0 unspecified atom stereocenters. The minimum Gasteiger partial charge on any atom is -0.493 e. The number of hydrogen-bond donors (Lipinski definition) is 0. The van der Waals surface area contributed by atoms with Gasteiger partial charge >= 0.3 is 5.97 Å². The molecule has 0 spiro atoms. The molecular formula is C16H14BrNO5. The van der Waals surface area contributed by atoms with Crippen LogP contribution in [0.15, 0.2) is 46.9 Å². The molecule has 0 radical (unpaired) electrons. The quantitative estimate of drug-likeness (QED) is 0.428. The number of nitro groups is 1. The van der Waals surface area contributed by atoms with Crippen LogP contribution in [0.1, 0.15) is 22.8 Å². The van der Waals surface area contributed by atoms with E-state index in [1.54, 1.807) is 12.1 Å². The number of nitro benzene ring substituents is 1. The number of hydrogen-bond acceptors (Lipinski definition) is 5. The van der Waals surface area contributed by atoms with E-state index in [1.165, 1.54) is 18.2 Å². The lowest BCUT2D eigenvalue weighted by atomic mass is 10.2. The summed E-state index contributed by atoms with van der Waals surface area (Å²) < 4.78 is 11.0. The molecule has 0 aromatic heterocycles. The summed E-state index contributed by atoms with van der Waals surface area (Å²) in [5.41, 5.74) is 0.664. The molecule has 23 heavy (non-hydrogen) atoms. The predicted octanol–water partition coefficient (Wildman–Crippen LogP) is 4.11. The van der Waals surface area contributed by atoms with Crippen LogP contribution in [0.4, 0.5) is 5.69 Å². The third-order valence-electron chi connectivity index (χ3n) is 3.01. The van der Waals surface area contributed by atoms with Crippen molar-refractivity contribution in [3.05, 3.63) is 68.2 Å². The Labute approximate surface area is 141 Å². The fraction of sp³-hybridized carbons (Fsp3) is 0.188. The average molecular weight is 380 g/mol. The molecule has 2 aromatic carbocycles. The Kier molecular flexibility index (Phi) is 5.70. The van der Waals surface area contributed by atoms with E-state index in [-0.39, 0.29) is 17.9 Å². The Morgan fingerprint density at radius 1 is 1.26 bits per heavy atom. The molecule has 0 aliphatic heterocycles. The van der Waals surface area contributed by atoms with Crippen LogP contribution in [0.5, 0.6) is 5.75 Å². The van der Waals surface area contributed by atoms with Crippen molar-refractivity contribution in [3.63, 3.8) is 0 Å². The maximum atomic E-state index is 12.1. The molecule has 0 bridgehead atoms. The van der Waals surface area contributed by atoms with E-state index in [1.807, 2.05) is 19.1 Å². The van der Waals surface area contributed by atoms with Crippen LogP contribution >= 0.6 is 15.9 Å². The minimum atomic E-state index is -0.632. The van der Waals surface area contributed by atoms with E-state index in [4.69, 9.17) is 9.47 Å². The van der Waals surface area contributed by atoms with Gasteiger partial charge in [-0.15, -0.1) is 0 Å². The van der Waals surface area contributed by atoms with Gasteiger partial charge < -0.3 is 9.47 Å². The number of halogens is 1. The summed E-state index contributed by atoms with van der Waals surface area (Å²) in [6.07, 6.45) is 0. The van der Waals surface area contributed by atoms with E-state index < -0.39 is 10.9 Å². The molecule has 120 valence electrons. The number of rotatable bonds is 6. The first-order valence-corrected chi connectivity index (χ1v) is 7.64. The smallest absolute Gasteiger partial charge is 0.338 e. The molecule has 0 amide bonds. The van der Waals surface area contributed by atoms with E-state index in [9.17, 15) is 14.9 Å². The first-order chi connectivity index (χ1) is 11.0. The van der Waals surface area contributed by atoms with Gasteiger partial charge in [0.15, 0.2) is 0 Å². The molecular weight excluding hydrogens is 366 g/mol. The molecule has 2 aromatic rings. The highest BCUT2D eigenvalue weighted by atomic mass is 79.9. The second kappa shape index (κ2) is 7.73. The molecule has 0 aliphatic carbocycles. The highest BCUT2D eigenvalue weighted by Gasteiger charge is 2.17. The van der Waals surface area contributed by atoms with E-state index in [0.29, 0.717) is 16.8 Å². The Morgan fingerprint density at radius 3 is 2.70 bits per heavy atom. The van der Waals surface area contributed by atoms with Crippen molar-refractivity contribution in [1.82, 2.24) is 0 Å². The van der Waals surface area contributed by atoms with E-state index >= 15 is 0 Å². The number of carbonyl (C=O) groups is 1. The van der Waals surface area contributed by atoms with Crippen LogP contribution in [0.2, 0.25) is 0 Å². The Hall–Kier alpha value is -2.41. The zero-order valence-corrected chi connectivity index (χ0v) is 13.9. The van der Waals surface area contributed by atoms with Crippen LogP contribution in [0.25, 0.3) is 0 Å². The van der Waals surface area contributed by atoms with Crippen molar-refractivity contribution in [3.8, 4) is 5.75 Å². The summed E-state index contributed by atoms with van der Waals surface area (Å²) in [7, 11) is 0. The summed E-state index contributed by atoms with van der Waals surface area (Å²) in [6.45, 7) is 2.40. The highest BCUT2D eigenvalue weighted by molar-refractivity contribution is 9.10. The molecule has 0 saturated heterocycles. The summed E-state index contributed by atoms with van der Waals surface area (Å²) in [5.74, 6) is 0.0106. The lowest BCUT2D eigenvalue weighted by molar-refractivity contribution is -0.385. The third kappa shape index (κ3) is 4.29. The molecule has 2 rings (SSSR count). The van der Waals surface area contributed by atoms with Crippen molar-refractivity contribution in [2.24, 2.45) is 0 Å². The first kappa shape index (κ1) is 17.0. The van der Waals surface area contributed by atoms with Gasteiger partial charge in [0.05, 0.1) is 21.6 Å². The maximum Gasteiger partial charge on any atom is 0.338 e. The number of para-hydroxylation sites is 1. The van der Waals surface area contributed by atoms with Crippen molar-refractivity contribution in [2.75, 3.05) is 6.61 Å². The second-order valence-electron chi connectivity index (χ2n) is 4.54. The molecule has 0 heterocycles. The van der Waals surface area contributed by atoms with E-state index in [2.05, 4.69) is 15.9 Å². The number of esters is 1. The topological polar surface area (TPSA) is 78.7 Å². The molecule has 0 N–H and O–H groups in total. The Bertz CT molecular complexity index is 732. The van der Waals surface area contributed by atoms with Gasteiger partial charge in [-0.05, 0) is 41.1 Å². The van der Waals surface area contributed by atoms with E-state index in [0.717, 1.165) is 5.56 Å².